The van der Waals surface area contributed by atoms with E-state index in [4.69, 9.17) is 0 Å². The van der Waals surface area contributed by atoms with E-state index in [1.54, 1.807) is 11.3 Å². The van der Waals surface area contributed by atoms with Gasteiger partial charge in [0.15, 0.2) is 0 Å². The molecule has 0 aliphatic rings. The quantitative estimate of drug-likeness (QED) is 0.764. The first kappa shape index (κ1) is 12.3. The summed E-state index contributed by atoms with van der Waals surface area (Å²) in [7, 11) is 0. The largest absolute Gasteiger partial charge is 0.329 e. The summed E-state index contributed by atoms with van der Waals surface area (Å²) in [5.41, 5.74) is 0. The van der Waals surface area contributed by atoms with Crippen LogP contribution in [0, 0.1) is 0 Å². The van der Waals surface area contributed by atoms with Gasteiger partial charge in [-0.2, -0.15) is 0 Å². The Labute approximate surface area is 107 Å². The Kier molecular flexibility index (Phi) is 4.76. The molecule has 1 N–H and O–H groups in total. The van der Waals surface area contributed by atoms with Gasteiger partial charge in [-0.15, -0.1) is 11.3 Å². The molecule has 0 atom stereocenters. The second-order valence-electron chi connectivity index (χ2n) is 4.03. The number of rotatable bonds is 7. The monoisotopic (exact) mass is 249 g/mol. The lowest BCUT2D eigenvalue weighted by Crippen LogP contribution is -2.20. The minimum absolute atomic E-state index is 0.983. The van der Waals surface area contributed by atoms with Gasteiger partial charge in [0.2, 0.25) is 0 Å². The Balaban J connectivity index is 1.87. The maximum absolute atomic E-state index is 4.42. The van der Waals surface area contributed by atoms with Crippen LogP contribution in [0.15, 0.2) is 29.9 Å². The molecule has 0 fully saturated rings. The van der Waals surface area contributed by atoms with E-state index in [9.17, 15) is 0 Å². The number of nitrogens with one attached hydrogen (secondary N) is 1. The summed E-state index contributed by atoms with van der Waals surface area (Å²) >= 11 is 1.74. The summed E-state index contributed by atoms with van der Waals surface area (Å²) in [6.07, 6.45) is 6.43. The van der Waals surface area contributed by atoms with Crippen molar-refractivity contribution in [3.05, 3.63) is 29.9 Å². The molecule has 2 rings (SSSR count). The first-order valence-electron chi connectivity index (χ1n) is 6.17. The number of hydrogen-bond donors (Lipinski definition) is 1. The molecule has 0 aliphatic carbocycles. The zero-order valence-electron chi connectivity index (χ0n) is 10.2. The Bertz CT molecular complexity index is 420. The molecular formula is C13H19N3S. The van der Waals surface area contributed by atoms with Gasteiger partial charge in [-0.1, -0.05) is 19.4 Å². The lowest BCUT2D eigenvalue weighted by molar-refractivity contribution is 0.583. The highest BCUT2D eigenvalue weighted by Crippen LogP contribution is 2.22. The molecule has 0 amide bonds. The number of imidazole rings is 1. The van der Waals surface area contributed by atoms with E-state index < -0.39 is 0 Å². The van der Waals surface area contributed by atoms with Crippen molar-refractivity contribution in [1.82, 2.24) is 14.9 Å². The number of aromatic nitrogens is 2. The van der Waals surface area contributed by atoms with Gasteiger partial charge in [0.05, 0.1) is 4.88 Å². The number of nitrogens with zero attached hydrogens (tertiary/aromatic N) is 2. The van der Waals surface area contributed by atoms with Crippen LogP contribution in [0.5, 0.6) is 0 Å². The predicted molar refractivity (Wildman–Crippen MR) is 73.3 cm³/mol. The number of unbranched alkanes of at least 4 members (excludes halogenated alkanes) is 1. The SMILES string of the molecule is CCCCNCCn1ccnc1-c1cccs1. The van der Waals surface area contributed by atoms with Gasteiger partial charge in [0.25, 0.3) is 0 Å². The van der Waals surface area contributed by atoms with Gasteiger partial charge in [-0.3, -0.25) is 0 Å². The van der Waals surface area contributed by atoms with Crippen LogP contribution in [-0.4, -0.2) is 22.6 Å². The fraction of sp³-hybridized carbons (Fsp3) is 0.462. The number of thiophene rings is 1. The zero-order chi connectivity index (χ0) is 11.9. The molecule has 0 spiro atoms. The molecule has 0 bridgehead atoms. The minimum atomic E-state index is 0.983. The second kappa shape index (κ2) is 6.57. The van der Waals surface area contributed by atoms with Crippen LogP contribution < -0.4 is 5.32 Å². The van der Waals surface area contributed by atoms with Crippen LogP contribution >= 0.6 is 11.3 Å². The molecule has 0 unspecified atom stereocenters. The van der Waals surface area contributed by atoms with Crippen molar-refractivity contribution in [2.75, 3.05) is 13.1 Å². The van der Waals surface area contributed by atoms with Crippen molar-refractivity contribution in [3.8, 4) is 10.7 Å². The van der Waals surface area contributed by atoms with E-state index in [-0.39, 0.29) is 0 Å². The molecule has 0 aliphatic heterocycles. The fourth-order valence-corrected chi connectivity index (χ4v) is 2.48. The molecule has 0 saturated heterocycles. The Morgan fingerprint density at radius 2 is 2.35 bits per heavy atom. The van der Waals surface area contributed by atoms with E-state index in [1.165, 1.54) is 17.7 Å². The third-order valence-electron chi connectivity index (χ3n) is 2.69. The zero-order valence-corrected chi connectivity index (χ0v) is 11.0. The van der Waals surface area contributed by atoms with E-state index in [1.807, 2.05) is 6.20 Å². The minimum Gasteiger partial charge on any atom is -0.329 e. The maximum atomic E-state index is 4.42. The van der Waals surface area contributed by atoms with E-state index in [0.717, 1.165) is 25.5 Å². The molecule has 3 nitrogen and oxygen atoms in total. The maximum Gasteiger partial charge on any atom is 0.150 e. The molecule has 2 aromatic rings. The van der Waals surface area contributed by atoms with E-state index >= 15 is 0 Å². The second-order valence-corrected chi connectivity index (χ2v) is 4.97. The summed E-state index contributed by atoms with van der Waals surface area (Å²) in [6, 6.07) is 4.19. The van der Waals surface area contributed by atoms with E-state index in [0.29, 0.717) is 0 Å². The van der Waals surface area contributed by atoms with E-state index in [2.05, 4.69) is 45.5 Å². The van der Waals surface area contributed by atoms with Crippen LogP contribution in [-0.2, 0) is 6.54 Å². The van der Waals surface area contributed by atoms with Crippen molar-refractivity contribution in [3.63, 3.8) is 0 Å². The molecule has 2 heterocycles. The van der Waals surface area contributed by atoms with Gasteiger partial charge < -0.3 is 9.88 Å². The van der Waals surface area contributed by atoms with Crippen LogP contribution in [0.4, 0.5) is 0 Å². The molecular weight excluding hydrogens is 230 g/mol. The highest BCUT2D eigenvalue weighted by molar-refractivity contribution is 7.13. The van der Waals surface area contributed by atoms with Crippen LogP contribution in [0.2, 0.25) is 0 Å². The normalized spacial score (nSPS) is 10.9. The lowest BCUT2D eigenvalue weighted by atomic mass is 10.3. The first-order chi connectivity index (χ1) is 8.42. The standard InChI is InChI=1S/C13H19N3S/c1-2-3-6-14-7-9-16-10-8-15-13(16)12-5-4-11-17-12/h4-5,8,10-11,14H,2-3,6-7,9H2,1H3. The van der Waals surface area contributed by atoms with Gasteiger partial charge in [0, 0.05) is 25.5 Å². The predicted octanol–water partition coefficient (Wildman–Crippen LogP) is 3.00. The highest BCUT2D eigenvalue weighted by atomic mass is 32.1. The Morgan fingerprint density at radius 3 is 3.12 bits per heavy atom. The summed E-state index contributed by atoms with van der Waals surface area (Å²) in [5, 5.41) is 5.54. The van der Waals surface area contributed by atoms with Crippen molar-refractivity contribution in [2.45, 2.75) is 26.3 Å². The van der Waals surface area contributed by atoms with Crippen molar-refractivity contribution >= 4 is 11.3 Å². The average Bonchev–Trinajstić information content (AvgIpc) is 2.98. The molecule has 4 heteroatoms. The Morgan fingerprint density at radius 1 is 1.41 bits per heavy atom. The van der Waals surface area contributed by atoms with Crippen LogP contribution in [0.1, 0.15) is 19.8 Å². The highest BCUT2D eigenvalue weighted by Gasteiger charge is 2.05. The van der Waals surface area contributed by atoms with Crippen LogP contribution in [0.25, 0.3) is 10.7 Å². The third kappa shape index (κ3) is 3.41. The fourth-order valence-electron chi connectivity index (χ4n) is 1.75. The van der Waals surface area contributed by atoms with Gasteiger partial charge in [-0.25, -0.2) is 4.98 Å². The summed E-state index contributed by atoms with van der Waals surface area (Å²) in [5.74, 6) is 1.08. The average molecular weight is 249 g/mol. The summed E-state index contributed by atoms with van der Waals surface area (Å²) in [4.78, 5) is 5.66. The van der Waals surface area contributed by atoms with Crippen molar-refractivity contribution < 1.29 is 0 Å². The van der Waals surface area contributed by atoms with Crippen molar-refractivity contribution in [2.24, 2.45) is 0 Å². The topological polar surface area (TPSA) is 29.9 Å². The van der Waals surface area contributed by atoms with Gasteiger partial charge >= 0.3 is 0 Å². The van der Waals surface area contributed by atoms with Crippen LogP contribution in [0.3, 0.4) is 0 Å². The Hall–Kier alpha value is -1.13. The summed E-state index contributed by atoms with van der Waals surface area (Å²) < 4.78 is 2.21. The molecule has 0 saturated carbocycles. The molecule has 0 aromatic carbocycles. The molecule has 92 valence electrons. The third-order valence-corrected chi connectivity index (χ3v) is 3.56. The molecule has 17 heavy (non-hydrogen) atoms. The molecule has 2 aromatic heterocycles. The van der Waals surface area contributed by atoms with Gasteiger partial charge in [0.1, 0.15) is 5.82 Å². The van der Waals surface area contributed by atoms with Gasteiger partial charge in [-0.05, 0) is 24.4 Å². The van der Waals surface area contributed by atoms with Crippen molar-refractivity contribution in [1.29, 1.82) is 0 Å². The molecule has 0 radical (unpaired) electrons. The summed E-state index contributed by atoms with van der Waals surface area (Å²) in [6.45, 7) is 5.32. The smallest absolute Gasteiger partial charge is 0.150 e. The first-order valence-corrected chi connectivity index (χ1v) is 7.05. The lowest BCUT2D eigenvalue weighted by Gasteiger charge is -2.07. The number of hydrogen-bond acceptors (Lipinski definition) is 3.